The van der Waals surface area contributed by atoms with Crippen molar-refractivity contribution in [3.8, 4) is 0 Å². The third-order valence-electron chi connectivity index (χ3n) is 5.41. The smallest absolute Gasteiger partial charge is 0.255 e. The Kier molecular flexibility index (Phi) is 10.0. The highest BCUT2D eigenvalue weighted by atomic mass is 19.3. The normalized spacial score (nSPS) is 14.4. The molecule has 2 heterocycles. The van der Waals surface area contributed by atoms with Crippen LogP contribution < -0.4 is 5.32 Å². The van der Waals surface area contributed by atoms with E-state index < -0.39 is 6.43 Å². The Morgan fingerprint density at radius 1 is 1.17 bits per heavy atom. The highest BCUT2D eigenvalue weighted by Crippen LogP contribution is 2.34. The van der Waals surface area contributed by atoms with E-state index >= 15 is 0 Å². The Bertz CT molecular complexity index is 741. The number of anilines is 1. The van der Waals surface area contributed by atoms with Crippen molar-refractivity contribution < 1.29 is 8.78 Å². The first-order chi connectivity index (χ1) is 13.6. The van der Waals surface area contributed by atoms with Gasteiger partial charge in [0.15, 0.2) is 5.65 Å². The van der Waals surface area contributed by atoms with Crippen LogP contribution in [0.1, 0.15) is 90.9 Å². The first-order valence-electron chi connectivity index (χ1n) is 11.0. The lowest BCUT2D eigenvalue weighted by molar-refractivity contribution is 0.163. The second-order valence-corrected chi connectivity index (χ2v) is 8.65. The zero-order valence-electron chi connectivity index (χ0n) is 19.6. The molecule has 0 aromatic carbocycles. The summed E-state index contributed by atoms with van der Waals surface area (Å²) in [5, 5.41) is 2.83. The third kappa shape index (κ3) is 7.23. The van der Waals surface area contributed by atoms with Gasteiger partial charge in [0.05, 0.1) is 18.6 Å². The fourth-order valence-corrected chi connectivity index (χ4v) is 3.09. The topological polar surface area (TPSA) is 42.7 Å². The van der Waals surface area contributed by atoms with Gasteiger partial charge in [0, 0.05) is 11.7 Å². The predicted octanol–water partition coefficient (Wildman–Crippen LogP) is 7.31. The molecule has 0 amide bonds. The lowest BCUT2D eigenvalue weighted by Crippen LogP contribution is -2.13. The first kappa shape index (κ1) is 25.3. The van der Waals surface area contributed by atoms with Crippen LogP contribution in [0.2, 0.25) is 0 Å². The maximum atomic E-state index is 12.5. The van der Waals surface area contributed by atoms with E-state index in [0.29, 0.717) is 22.7 Å². The van der Waals surface area contributed by atoms with Crippen molar-refractivity contribution in [1.82, 2.24) is 14.5 Å². The molecule has 0 saturated heterocycles. The van der Waals surface area contributed by atoms with Crippen LogP contribution in [-0.2, 0) is 0 Å². The van der Waals surface area contributed by atoms with Gasteiger partial charge in [-0.1, -0.05) is 60.8 Å². The number of rotatable bonds is 4. The predicted molar refractivity (Wildman–Crippen MR) is 120 cm³/mol. The molecule has 0 unspecified atom stereocenters. The number of nitrogens with one attached hydrogen (secondary N) is 1. The number of pyridine rings is 1. The summed E-state index contributed by atoms with van der Waals surface area (Å²) in [4.78, 5) is 9.08. The summed E-state index contributed by atoms with van der Waals surface area (Å²) < 4.78 is 27.1. The molecule has 0 aliphatic heterocycles. The van der Waals surface area contributed by atoms with Gasteiger partial charge in [0.1, 0.15) is 5.52 Å². The molecular formula is C23H40F2N4. The minimum Gasteiger partial charge on any atom is -0.377 e. The Labute approximate surface area is 175 Å². The van der Waals surface area contributed by atoms with Crippen LogP contribution in [0, 0.1) is 19.3 Å². The molecule has 0 bridgehead atoms. The number of fused-ring (bicyclic) bond motifs is 1. The van der Waals surface area contributed by atoms with Crippen LogP contribution in [0.4, 0.5) is 14.5 Å². The quantitative estimate of drug-likeness (QED) is 0.574. The van der Waals surface area contributed by atoms with E-state index in [9.17, 15) is 8.78 Å². The molecule has 1 saturated carbocycles. The molecule has 1 aliphatic rings. The number of aromatic nitrogens is 3. The van der Waals surface area contributed by atoms with E-state index in [2.05, 4.69) is 47.5 Å². The fraction of sp³-hybridized carbons (Fsp3) is 0.739. The summed E-state index contributed by atoms with van der Waals surface area (Å²) in [7, 11) is 0. The van der Waals surface area contributed by atoms with E-state index in [1.807, 2.05) is 27.7 Å². The molecule has 4 nitrogen and oxygen atoms in total. The Morgan fingerprint density at radius 2 is 1.72 bits per heavy atom. The molecule has 1 aliphatic carbocycles. The minimum atomic E-state index is -2.38. The van der Waals surface area contributed by atoms with Gasteiger partial charge in [0.25, 0.3) is 6.43 Å². The maximum absolute atomic E-state index is 12.5. The summed E-state index contributed by atoms with van der Waals surface area (Å²) in [6.45, 7) is 16.4. The maximum Gasteiger partial charge on any atom is 0.255 e. The molecule has 2 aromatic rings. The zero-order chi connectivity index (χ0) is 22.2. The summed E-state index contributed by atoms with van der Waals surface area (Å²) in [5.74, 6) is 0. The van der Waals surface area contributed by atoms with Crippen molar-refractivity contribution >= 4 is 16.9 Å². The van der Waals surface area contributed by atoms with Crippen LogP contribution >= 0.6 is 0 Å². The van der Waals surface area contributed by atoms with E-state index in [0.717, 1.165) is 29.7 Å². The molecule has 1 fully saturated rings. The molecule has 166 valence electrons. The molecular weight excluding hydrogens is 370 g/mol. The monoisotopic (exact) mass is 410 g/mol. The van der Waals surface area contributed by atoms with Crippen LogP contribution in [0.25, 0.3) is 11.2 Å². The van der Waals surface area contributed by atoms with E-state index in [-0.39, 0.29) is 6.54 Å². The number of alkyl halides is 2. The average molecular weight is 411 g/mol. The fourth-order valence-electron chi connectivity index (χ4n) is 3.09. The van der Waals surface area contributed by atoms with Crippen LogP contribution in [-0.4, -0.2) is 27.5 Å². The number of hydrogen-bond donors (Lipinski definition) is 1. The second-order valence-electron chi connectivity index (χ2n) is 8.65. The molecule has 29 heavy (non-hydrogen) atoms. The summed E-state index contributed by atoms with van der Waals surface area (Å²) in [5.41, 5.74) is 4.49. The van der Waals surface area contributed by atoms with Crippen molar-refractivity contribution in [1.29, 1.82) is 0 Å². The van der Waals surface area contributed by atoms with Gasteiger partial charge < -0.3 is 9.88 Å². The van der Waals surface area contributed by atoms with E-state index in [4.69, 9.17) is 0 Å². The van der Waals surface area contributed by atoms with Crippen molar-refractivity contribution in [2.75, 3.05) is 11.9 Å². The molecule has 0 spiro atoms. The number of imidazole rings is 1. The van der Waals surface area contributed by atoms with E-state index in [1.54, 1.807) is 6.33 Å². The highest BCUT2D eigenvalue weighted by molar-refractivity contribution is 5.88. The lowest BCUT2D eigenvalue weighted by Gasteiger charge is -2.15. The van der Waals surface area contributed by atoms with Gasteiger partial charge in [-0.05, 0) is 37.7 Å². The SMILES string of the molecule is CC.CCC(C)(C)C.Cc1nc2c(ncn2C2CCCC2)c(NCC(F)F)c1C. The van der Waals surface area contributed by atoms with Gasteiger partial charge in [-0.2, -0.15) is 0 Å². The minimum absolute atomic E-state index is 0.365. The Morgan fingerprint density at radius 3 is 2.21 bits per heavy atom. The number of nitrogens with zero attached hydrogens (tertiary/aromatic N) is 3. The van der Waals surface area contributed by atoms with Gasteiger partial charge in [-0.25, -0.2) is 18.7 Å². The van der Waals surface area contributed by atoms with Gasteiger partial charge in [-0.15, -0.1) is 0 Å². The second kappa shape index (κ2) is 11.5. The average Bonchev–Trinajstić information content (AvgIpc) is 3.33. The van der Waals surface area contributed by atoms with Crippen molar-refractivity contribution in [3.05, 3.63) is 17.6 Å². The lowest BCUT2D eigenvalue weighted by atomic mass is 9.94. The van der Waals surface area contributed by atoms with Crippen molar-refractivity contribution in [2.24, 2.45) is 5.41 Å². The summed E-state index contributed by atoms with van der Waals surface area (Å²) in [6.07, 6.45) is 5.43. The Balaban J connectivity index is 0.000000454. The van der Waals surface area contributed by atoms with Crippen molar-refractivity contribution in [3.63, 3.8) is 0 Å². The van der Waals surface area contributed by atoms with Crippen LogP contribution in [0.3, 0.4) is 0 Å². The molecule has 0 radical (unpaired) electrons. The summed E-state index contributed by atoms with van der Waals surface area (Å²) >= 11 is 0. The molecule has 6 heteroatoms. The molecule has 3 rings (SSSR count). The van der Waals surface area contributed by atoms with Crippen LogP contribution in [0.15, 0.2) is 6.33 Å². The first-order valence-corrected chi connectivity index (χ1v) is 11.0. The molecule has 2 aromatic heterocycles. The van der Waals surface area contributed by atoms with Gasteiger partial charge in [-0.3, -0.25) is 0 Å². The number of halogens is 2. The molecule has 0 atom stereocenters. The third-order valence-corrected chi connectivity index (χ3v) is 5.41. The van der Waals surface area contributed by atoms with Gasteiger partial charge in [0.2, 0.25) is 0 Å². The highest BCUT2D eigenvalue weighted by Gasteiger charge is 2.22. The van der Waals surface area contributed by atoms with E-state index in [1.165, 1.54) is 19.3 Å². The van der Waals surface area contributed by atoms with Crippen molar-refractivity contribution in [2.45, 2.75) is 100.0 Å². The number of aryl methyl sites for hydroxylation is 1. The zero-order valence-corrected chi connectivity index (χ0v) is 19.6. The standard InChI is InChI=1S/C15H20F2N4.C6H14.C2H6/c1-9-10(2)20-15-14(13(9)18-7-12(16)17)19-8-21(15)11-5-3-4-6-11;1-5-6(2,3)4;1-2/h8,11-12H,3-7H2,1-2H3,(H,18,20);5H2,1-4H3;1-2H3. The summed E-state index contributed by atoms with van der Waals surface area (Å²) in [6, 6.07) is 0.438. The molecule has 1 N–H and O–H groups in total. The Hall–Kier alpha value is -1.72. The number of hydrogen-bond acceptors (Lipinski definition) is 3. The van der Waals surface area contributed by atoms with Gasteiger partial charge >= 0.3 is 0 Å². The largest absolute Gasteiger partial charge is 0.377 e. The van der Waals surface area contributed by atoms with Crippen LogP contribution in [0.5, 0.6) is 0 Å².